The van der Waals surface area contributed by atoms with Gasteiger partial charge in [-0.25, -0.2) is 4.98 Å². The Hall–Kier alpha value is -2.73. The number of fused-ring (bicyclic) bond motifs is 1. The van der Waals surface area contributed by atoms with Gasteiger partial charge in [0.25, 0.3) is 5.91 Å². The second-order valence-corrected chi connectivity index (χ2v) is 6.16. The highest BCUT2D eigenvalue weighted by Crippen LogP contribution is 2.26. The van der Waals surface area contributed by atoms with E-state index in [0.717, 1.165) is 22.3 Å². The largest absolute Gasteiger partial charge is 0.383 e. The van der Waals surface area contributed by atoms with Crippen LogP contribution < -0.4 is 5.32 Å². The summed E-state index contributed by atoms with van der Waals surface area (Å²) in [5, 5.41) is 8.19. The Balaban J connectivity index is 2.13. The smallest absolute Gasteiger partial charge is 0.252 e. The number of pyridine rings is 1. The monoisotopic (exact) mass is 338 g/mol. The van der Waals surface area contributed by atoms with E-state index in [1.165, 1.54) is 0 Å². The Kier molecular flexibility index (Phi) is 4.81. The van der Waals surface area contributed by atoms with Crippen LogP contribution >= 0.6 is 0 Å². The van der Waals surface area contributed by atoms with Gasteiger partial charge in [-0.3, -0.25) is 9.48 Å². The van der Waals surface area contributed by atoms with Crippen molar-refractivity contribution in [3.63, 3.8) is 0 Å². The number of methoxy groups -OCH3 is 1. The fourth-order valence-electron chi connectivity index (χ4n) is 2.97. The highest BCUT2D eigenvalue weighted by molar-refractivity contribution is 6.07. The fraction of sp³-hybridized carbons (Fsp3) is 0.316. The maximum atomic E-state index is 12.9. The lowest BCUT2D eigenvalue weighted by Crippen LogP contribution is -2.35. The number of aromatic nitrogens is 3. The molecular formula is C19H22N4O2. The van der Waals surface area contributed by atoms with Gasteiger partial charge in [-0.1, -0.05) is 30.3 Å². The van der Waals surface area contributed by atoms with E-state index in [1.54, 1.807) is 11.8 Å². The second kappa shape index (κ2) is 7.03. The minimum absolute atomic E-state index is 0.0853. The van der Waals surface area contributed by atoms with E-state index in [2.05, 4.69) is 10.4 Å². The summed E-state index contributed by atoms with van der Waals surface area (Å²) in [6, 6.07) is 11.6. The average Bonchev–Trinajstić information content (AvgIpc) is 2.89. The summed E-state index contributed by atoms with van der Waals surface area (Å²) in [4.78, 5) is 17.6. The molecule has 2 heterocycles. The van der Waals surface area contributed by atoms with Crippen LogP contribution in [0.4, 0.5) is 0 Å². The number of hydrogen-bond donors (Lipinski definition) is 1. The molecule has 3 aromatic rings. The predicted molar refractivity (Wildman–Crippen MR) is 97.5 cm³/mol. The summed E-state index contributed by atoms with van der Waals surface area (Å²) in [6.07, 6.45) is 0. The lowest BCUT2D eigenvalue weighted by molar-refractivity contribution is 0.0907. The van der Waals surface area contributed by atoms with E-state index in [0.29, 0.717) is 17.8 Å². The van der Waals surface area contributed by atoms with E-state index in [9.17, 15) is 4.79 Å². The van der Waals surface area contributed by atoms with Crippen LogP contribution in [0.1, 0.15) is 23.0 Å². The molecule has 1 atom stereocenters. The van der Waals surface area contributed by atoms with Crippen molar-refractivity contribution in [2.75, 3.05) is 13.7 Å². The quantitative estimate of drug-likeness (QED) is 0.776. The molecule has 0 unspecified atom stereocenters. The van der Waals surface area contributed by atoms with Gasteiger partial charge >= 0.3 is 0 Å². The molecule has 1 aromatic carbocycles. The number of amides is 1. The van der Waals surface area contributed by atoms with Crippen molar-refractivity contribution in [1.82, 2.24) is 20.1 Å². The summed E-state index contributed by atoms with van der Waals surface area (Å²) in [7, 11) is 3.46. The minimum Gasteiger partial charge on any atom is -0.383 e. The van der Waals surface area contributed by atoms with E-state index in [-0.39, 0.29) is 11.9 Å². The first-order chi connectivity index (χ1) is 12.0. The molecule has 0 aliphatic rings. The summed E-state index contributed by atoms with van der Waals surface area (Å²) < 4.78 is 6.82. The molecule has 0 bridgehead atoms. The zero-order valence-electron chi connectivity index (χ0n) is 14.9. The third-order valence-corrected chi connectivity index (χ3v) is 4.08. The van der Waals surface area contributed by atoms with Crippen molar-refractivity contribution >= 4 is 16.9 Å². The Morgan fingerprint density at radius 2 is 2.04 bits per heavy atom. The highest BCUT2D eigenvalue weighted by atomic mass is 16.5. The number of benzene rings is 1. The fourth-order valence-corrected chi connectivity index (χ4v) is 2.97. The van der Waals surface area contributed by atoms with Gasteiger partial charge in [-0.15, -0.1) is 0 Å². The highest BCUT2D eigenvalue weighted by Gasteiger charge is 2.20. The average molecular weight is 338 g/mol. The van der Waals surface area contributed by atoms with Gasteiger partial charge in [-0.2, -0.15) is 5.10 Å². The van der Waals surface area contributed by atoms with E-state index in [4.69, 9.17) is 9.72 Å². The molecule has 0 aliphatic heterocycles. The topological polar surface area (TPSA) is 69.0 Å². The third-order valence-electron chi connectivity index (χ3n) is 4.08. The lowest BCUT2D eigenvalue weighted by atomic mass is 10.0. The van der Waals surface area contributed by atoms with Crippen LogP contribution in [0.2, 0.25) is 0 Å². The van der Waals surface area contributed by atoms with Crippen molar-refractivity contribution in [2.45, 2.75) is 19.9 Å². The zero-order chi connectivity index (χ0) is 18.0. The number of carbonyl (C=O) groups excluding carboxylic acids is 1. The van der Waals surface area contributed by atoms with Gasteiger partial charge in [0.15, 0.2) is 5.65 Å². The van der Waals surface area contributed by atoms with Crippen LogP contribution in [0.5, 0.6) is 0 Å². The van der Waals surface area contributed by atoms with Crippen molar-refractivity contribution < 1.29 is 9.53 Å². The first kappa shape index (κ1) is 17.1. The van der Waals surface area contributed by atoms with Crippen molar-refractivity contribution in [2.24, 2.45) is 7.05 Å². The van der Waals surface area contributed by atoms with Crippen molar-refractivity contribution in [3.05, 3.63) is 47.7 Å². The standard InChI is InChI=1S/C19H22N4O2/c1-12(11-25-4)20-19(24)15-10-16(14-8-6-5-7-9-14)21-18-17(15)13(2)22-23(18)3/h5-10,12H,11H2,1-4H3,(H,20,24)/t12-/m0/s1. The van der Waals surface area contributed by atoms with E-state index < -0.39 is 0 Å². The first-order valence-electron chi connectivity index (χ1n) is 8.20. The van der Waals surface area contributed by atoms with Crippen LogP contribution in [0.25, 0.3) is 22.3 Å². The maximum Gasteiger partial charge on any atom is 0.252 e. The Bertz CT molecular complexity index is 903. The van der Waals surface area contributed by atoms with Gasteiger partial charge in [0.05, 0.1) is 28.9 Å². The number of nitrogens with one attached hydrogen (secondary N) is 1. The molecule has 6 heteroatoms. The molecule has 0 radical (unpaired) electrons. The first-order valence-corrected chi connectivity index (χ1v) is 8.20. The van der Waals surface area contributed by atoms with Gasteiger partial charge in [0, 0.05) is 25.8 Å². The molecular weight excluding hydrogens is 316 g/mol. The van der Waals surface area contributed by atoms with Crippen molar-refractivity contribution in [3.8, 4) is 11.3 Å². The van der Waals surface area contributed by atoms with Gasteiger partial charge < -0.3 is 10.1 Å². The summed E-state index contributed by atoms with van der Waals surface area (Å²) in [6.45, 7) is 4.26. The molecule has 0 aliphatic carbocycles. The maximum absolute atomic E-state index is 12.9. The number of hydrogen-bond acceptors (Lipinski definition) is 4. The zero-order valence-corrected chi connectivity index (χ0v) is 14.9. The number of aryl methyl sites for hydroxylation is 2. The van der Waals surface area contributed by atoms with Crippen LogP contribution in [0.15, 0.2) is 36.4 Å². The Labute approximate surface area is 146 Å². The molecule has 1 amide bonds. The third kappa shape index (κ3) is 3.39. The Morgan fingerprint density at radius 3 is 2.72 bits per heavy atom. The molecule has 0 saturated heterocycles. The molecule has 0 fully saturated rings. The number of rotatable bonds is 5. The predicted octanol–water partition coefficient (Wildman–Crippen LogP) is 2.71. The molecule has 0 saturated carbocycles. The molecule has 3 rings (SSSR count). The van der Waals surface area contributed by atoms with Gasteiger partial charge in [0.2, 0.25) is 0 Å². The molecule has 6 nitrogen and oxygen atoms in total. The van der Waals surface area contributed by atoms with E-state index >= 15 is 0 Å². The molecule has 2 aromatic heterocycles. The van der Waals surface area contributed by atoms with Crippen LogP contribution in [0.3, 0.4) is 0 Å². The van der Waals surface area contributed by atoms with Crippen LogP contribution in [0, 0.1) is 6.92 Å². The molecule has 0 spiro atoms. The summed E-state index contributed by atoms with van der Waals surface area (Å²) in [5.41, 5.74) is 3.78. The molecule has 130 valence electrons. The lowest BCUT2D eigenvalue weighted by Gasteiger charge is -2.14. The number of nitrogens with zero attached hydrogens (tertiary/aromatic N) is 3. The molecule has 25 heavy (non-hydrogen) atoms. The molecule has 1 N–H and O–H groups in total. The SMILES string of the molecule is COC[C@H](C)NC(=O)c1cc(-c2ccccc2)nc2c1c(C)nn2C. The van der Waals surface area contributed by atoms with Gasteiger partial charge in [0.1, 0.15) is 0 Å². The minimum atomic E-state index is -0.148. The Morgan fingerprint density at radius 1 is 1.32 bits per heavy atom. The summed E-state index contributed by atoms with van der Waals surface area (Å²) in [5.74, 6) is -0.148. The van der Waals surface area contributed by atoms with E-state index in [1.807, 2.05) is 57.3 Å². The van der Waals surface area contributed by atoms with Crippen LogP contribution in [-0.4, -0.2) is 40.4 Å². The number of carbonyl (C=O) groups is 1. The number of ether oxygens (including phenoxy) is 1. The summed E-state index contributed by atoms with van der Waals surface area (Å²) >= 11 is 0. The second-order valence-electron chi connectivity index (χ2n) is 6.16. The van der Waals surface area contributed by atoms with Crippen LogP contribution in [-0.2, 0) is 11.8 Å². The van der Waals surface area contributed by atoms with Gasteiger partial charge in [-0.05, 0) is 19.9 Å². The van der Waals surface area contributed by atoms with Crippen molar-refractivity contribution in [1.29, 1.82) is 0 Å². The normalized spacial score (nSPS) is 12.3.